The van der Waals surface area contributed by atoms with Crippen molar-refractivity contribution in [2.24, 2.45) is 0 Å². The molecule has 0 radical (unpaired) electrons. The molecule has 0 aliphatic heterocycles. The van der Waals surface area contributed by atoms with E-state index in [1.165, 1.54) is 11.1 Å². The molecule has 2 N–H and O–H groups in total. The lowest BCUT2D eigenvalue weighted by atomic mass is 9.99. The summed E-state index contributed by atoms with van der Waals surface area (Å²) in [4.78, 5) is 0. The summed E-state index contributed by atoms with van der Waals surface area (Å²) in [6.45, 7) is 2.19. The Morgan fingerprint density at radius 1 is 1.00 bits per heavy atom. The molecule has 0 aliphatic carbocycles. The van der Waals surface area contributed by atoms with E-state index in [9.17, 15) is 0 Å². The van der Waals surface area contributed by atoms with Gasteiger partial charge in [0.1, 0.15) is 0 Å². The van der Waals surface area contributed by atoms with E-state index < -0.39 is 0 Å². The van der Waals surface area contributed by atoms with E-state index in [4.69, 9.17) is 5.73 Å². The molecule has 0 saturated carbocycles. The minimum absolute atomic E-state index is 0.853. The van der Waals surface area contributed by atoms with Gasteiger partial charge < -0.3 is 5.73 Å². The molecule has 1 nitrogen and oxygen atoms in total. The van der Waals surface area contributed by atoms with Crippen LogP contribution in [0.4, 0.5) is 5.69 Å². The number of benzene rings is 2. The Morgan fingerprint density at radius 3 is 2.44 bits per heavy atom. The Hall–Kier alpha value is -1.76. The average Bonchev–Trinajstić information content (AvgIpc) is 2.33. The molecule has 0 atom stereocenters. The maximum Gasteiger partial charge on any atom is 0.0393 e. The van der Waals surface area contributed by atoms with Crippen LogP contribution in [0.5, 0.6) is 0 Å². The molecule has 0 saturated heterocycles. The summed E-state index contributed by atoms with van der Waals surface area (Å²) in [5, 5.41) is 0. The van der Waals surface area contributed by atoms with E-state index in [0.717, 1.165) is 24.1 Å². The van der Waals surface area contributed by atoms with E-state index >= 15 is 0 Å². The van der Waals surface area contributed by atoms with E-state index in [2.05, 4.69) is 31.2 Å². The third-order valence-electron chi connectivity index (χ3n) is 2.74. The number of nitrogen functional groups attached to an aromatic ring is 1. The first-order chi connectivity index (χ1) is 7.81. The second kappa shape index (κ2) is 4.84. The van der Waals surface area contributed by atoms with Crippen LogP contribution >= 0.6 is 0 Å². The van der Waals surface area contributed by atoms with Crippen LogP contribution in [0.3, 0.4) is 0 Å². The zero-order valence-electron chi connectivity index (χ0n) is 9.61. The van der Waals surface area contributed by atoms with Gasteiger partial charge in [0, 0.05) is 11.3 Å². The van der Waals surface area contributed by atoms with Crippen LogP contribution in [0.15, 0.2) is 48.5 Å². The van der Waals surface area contributed by atoms with Gasteiger partial charge in [-0.05, 0) is 29.7 Å². The average molecular weight is 211 g/mol. The number of nitrogens with two attached hydrogens (primary N) is 1. The lowest BCUT2D eigenvalue weighted by molar-refractivity contribution is 0.922. The highest BCUT2D eigenvalue weighted by atomic mass is 14.6. The minimum atomic E-state index is 0.853. The van der Waals surface area contributed by atoms with Crippen molar-refractivity contribution in [2.45, 2.75) is 19.8 Å². The fraction of sp³-hybridized carbons (Fsp3) is 0.200. The first-order valence-electron chi connectivity index (χ1n) is 5.75. The van der Waals surface area contributed by atoms with Crippen molar-refractivity contribution in [1.82, 2.24) is 0 Å². The highest BCUT2D eigenvalue weighted by Gasteiger charge is 2.03. The van der Waals surface area contributed by atoms with Crippen molar-refractivity contribution >= 4 is 5.69 Å². The Labute approximate surface area is 96.9 Å². The fourth-order valence-electron chi connectivity index (χ4n) is 1.92. The molecule has 0 bridgehead atoms. The molecule has 0 amide bonds. The normalized spacial score (nSPS) is 10.3. The molecule has 0 aromatic heterocycles. The second-order valence-electron chi connectivity index (χ2n) is 4.04. The van der Waals surface area contributed by atoms with Crippen LogP contribution in [0.2, 0.25) is 0 Å². The molecule has 0 aliphatic rings. The van der Waals surface area contributed by atoms with Gasteiger partial charge >= 0.3 is 0 Å². The molecule has 0 heterocycles. The van der Waals surface area contributed by atoms with Crippen molar-refractivity contribution in [3.8, 4) is 11.1 Å². The zero-order chi connectivity index (χ0) is 11.4. The van der Waals surface area contributed by atoms with Crippen molar-refractivity contribution in [1.29, 1.82) is 0 Å². The summed E-state index contributed by atoms with van der Waals surface area (Å²) < 4.78 is 0. The molecular weight excluding hydrogens is 194 g/mol. The number of anilines is 1. The summed E-state index contributed by atoms with van der Waals surface area (Å²) in [5.41, 5.74) is 10.6. The summed E-state index contributed by atoms with van der Waals surface area (Å²) in [5.74, 6) is 0. The Morgan fingerprint density at radius 2 is 1.75 bits per heavy atom. The minimum Gasteiger partial charge on any atom is -0.398 e. The number of aryl methyl sites for hydroxylation is 1. The predicted octanol–water partition coefficient (Wildman–Crippen LogP) is 3.89. The summed E-state index contributed by atoms with van der Waals surface area (Å²) in [6.07, 6.45) is 2.28. The third kappa shape index (κ3) is 2.25. The highest BCUT2D eigenvalue weighted by Crippen LogP contribution is 2.27. The molecule has 0 fully saturated rings. The van der Waals surface area contributed by atoms with Crippen LogP contribution in [-0.4, -0.2) is 0 Å². The summed E-state index contributed by atoms with van der Waals surface area (Å²) >= 11 is 0. The van der Waals surface area contributed by atoms with Crippen molar-refractivity contribution < 1.29 is 0 Å². The molecule has 2 rings (SSSR count). The number of hydrogen-bond acceptors (Lipinski definition) is 1. The summed E-state index contributed by atoms with van der Waals surface area (Å²) in [7, 11) is 0. The lowest BCUT2D eigenvalue weighted by Crippen LogP contribution is -1.92. The molecule has 2 aromatic carbocycles. The van der Waals surface area contributed by atoms with Gasteiger partial charge in [-0.25, -0.2) is 0 Å². The fourth-order valence-corrected chi connectivity index (χ4v) is 1.92. The van der Waals surface area contributed by atoms with E-state index in [1.807, 2.05) is 24.3 Å². The van der Waals surface area contributed by atoms with Gasteiger partial charge in [-0.3, -0.25) is 0 Å². The van der Waals surface area contributed by atoms with Gasteiger partial charge in [-0.1, -0.05) is 49.7 Å². The van der Waals surface area contributed by atoms with Gasteiger partial charge in [0.15, 0.2) is 0 Å². The van der Waals surface area contributed by atoms with Gasteiger partial charge in [-0.15, -0.1) is 0 Å². The second-order valence-corrected chi connectivity index (χ2v) is 4.04. The number of rotatable bonds is 3. The maximum absolute atomic E-state index is 6.02. The third-order valence-corrected chi connectivity index (χ3v) is 2.74. The lowest BCUT2D eigenvalue weighted by Gasteiger charge is -2.08. The van der Waals surface area contributed by atoms with E-state index in [1.54, 1.807) is 0 Å². The Balaban J connectivity index is 2.43. The van der Waals surface area contributed by atoms with Crippen molar-refractivity contribution in [2.75, 3.05) is 5.73 Å². The number of hydrogen-bond donors (Lipinski definition) is 1. The van der Waals surface area contributed by atoms with Crippen LogP contribution < -0.4 is 5.73 Å². The monoisotopic (exact) mass is 211 g/mol. The molecule has 82 valence electrons. The quantitative estimate of drug-likeness (QED) is 0.766. The first-order valence-corrected chi connectivity index (χ1v) is 5.75. The Kier molecular flexibility index (Phi) is 3.25. The van der Waals surface area contributed by atoms with E-state index in [0.29, 0.717) is 0 Å². The van der Waals surface area contributed by atoms with Crippen LogP contribution in [0.25, 0.3) is 11.1 Å². The largest absolute Gasteiger partial charge is 0.398 e. The van der Waals surface area contributed by atoms with E-state index in [-0.39, 0.29) is 0 Å². The standard InChI is InChI=1S/C15H17N/c1-2-6-12-9-10-15(16)14(11-12)13-7-4-3-5-8-13/h3-5,7-11H,2,6,16H2,1H3. The Bertz CT molecular complexity index is 460. The molecular formula is C15H17N. The molecule has 0 unspecified atom stereocenters. The van der Waals surface area contributed by atoms with Crippen LogP contribution in [0.1, 0.15) is 18.9 Å². The van der Waals surface area contributed by atoms with Crippen LogP contribution in [-0.2, 0) is 6.42 Å². The maximum atomic E-state index is 6.02. The molecule has 1 heteroatoms. The molecule has 0 spiro atoms. The topological polar surface area (TPSA) is 26.0 Å². The van der Waals surface area contributed by atoms with Crippen molar-refractivity contribution in [3.63, 3.8) is 0 Å². The smallest absolute Gasteiger partial charge is 0.0393 e. The van der Waals surface area contributed by atoms with Gasteiger partial charge in [0.2, 0.25) is 0 Å². The molecule has 2 aromatic rings. The zero-order valence-corrected chi connectivity index (χ0v) is 9.61. The van der Waals surface area contributed by atoms with Gasteiger partial charge in [-0.2, -0.15) is 0 Å². The predicted molar refractivity (Wildman–Crippen MR) is 70.3 cm³/mol. The van der Waals surface area contributed by atoms with Gasteiger partial charge in [0.25, 0.3) is 0 Å². The van der Waals surface area contributed by atoms with Gasteiger partial charge in [0.05, 0.1) is 0 Å². The van der Waals surface area contributed by atoms with Crippen LogP contribution in [0, 0.1) is 0 Å². The first kappa shape index (κ1) is 10.7. The SMILES string of the molecule is CCCc1ccc(N)c(-c2ccccc2)c1. The molecule has 16 heavy (non-hydrogen) atoms. The highest BCUT2D eigenvalue weighted by molar-refractivity contribution is 5.76. The van der Waals surface area contributed by atoms with Crippen molar-refractivity contribution in [3.05, 3.63) is 54.1 Å². The summed E-state index contributed by atoms with van der Waals surface area (Å²) in [6, 6.07) is 16.6.